The van der Waals surface area contributed by atoms with E-state index in [1.165, 1.54) is 6.07 Å². The maximum absolute atomic E-state index is 14.3. The number of anilines is 1. The fraction of sp³-hybridized carbons (Fsp3) is 0.483. The van der Waals surface area contributed by atoms with Crippen molar-refractivity contribution in [1.29, 1.82) is 0 Å². The molecule has 5 rings (SSSR count). The first-order valence-electron chi connectivity index (χ1n) is 13.2. The molecular formula is C29H34F3N5O2. The summed E-state index contributed by atoms with van der Waals surface area (Å²) in [5.41, 5.74) is 1.40. The van der Waals surface area contributed by atoms with Crippen molar-refractivity contribution in [2.24, 2.45) is 13.0 Å². The number of nitrogens with one attached hydrogen (secondary N) is 1. The predicted molar refractivity (Wildman–Crippen MR) is 142 cm³/mol. The van der Waals surface area contributed by atoms with Crippen molar-refractivity contribution < 1.29 is 22.7 Å². The average Bonchev–Trinajstić information content (AvgIpc) is 3.28. The van der Waals surface area contributed by atoms with Gasteiger partial charge in [0.1, 0.15) is 18.4 Å². The fourth-order valence-corrected chi connectivity index (χ4v) is 5.53. The highest BCUT2D eigenvalue weighted by Gasteiger charge is 2.37. The van der Waals surface area contributed by atoms with E-state index in [2.05, 4.69) is 22.4 Å². The zero-order valence-corrected chi connectivity index (χ0v) is 22.5. The first kappa shape index (κ1) is 27.3. The Balaban J connectivity index is 1.43. The van der Waals surface area contributed by atoms with E-state index in [9.17, 15) is 18.0 Å². The van der Waals surface area contributed by atoms with Crippen LogP contribution in [0, 0.1) is 5.92 Å². The third kappa shape index (κ3) is 5.72. The summed E-state index contributed by atoms with van der Waals surface area (Å²) >= 11 is 0. The third-order valence-electron chi connectivity index (χ3n) is 8.18. The van der Waals surface area contributed by atoms with Gasteiger partial charge in [-0.1, -0.05) is 12.1 Å². The molecule has 2 aliphatic rings. The number of aryl methyl sites for hydroxylation is 1. The molecule has 39 heavy (non-hydrogen) atoms. The number of rotatable bonds is 10. The van der Waals surface area contributed by atoms with Gasteiger partial charge in [-0.05, 0) is 67.1 Å². The number of hydrogen-bond acceptors (Lipinski definition) is 6. The van der Waals surface area contributed by atoms with Gasteiger partial charge in [0.05, 0.1) is 24.7 Å². The molecule has 10 heteroatoms. The Hall–Kier alpha value is -3.24. The van der Waals surface area contributed by atoms with E-state index in [0.717, 1.165) is 36.3 Å². The number of aromatic nitrogens is 3. The van der Waals surface area contributed by atoms with Crippen LogP contribution < -0.4 is 10.2 Å². The topological polar surface area (TPSA) is 72.3 Å². The maximum atomic E-state index is 14.3. The first-order valence-corrected chi connectivity index (χ1v) is 13.2. The van der Waals surface area contributed by atoms with Gasteiger partial charge >= 0.3 is 6.18 Å². The van der Waals surface area contributed by atoms with E-state index in [0.29, 0.717) is 25.1 Å². The third-order valence-corrected chi connectivity index (χ3v) is 8.18. The van der Waals surface area contributed by atoms with E-state index < -0.39 is 11.7 Å². The van der Waals surface area contributed by atoms with Crippen LogP contribution in [0.3, 0.4) is 0 Å². The highest BCUT2D eigenvalue weighted by Crippen LogP contribution is 2.38. The van der Waals surface area contributed by atoms with E-state index in [1.54, 1.807) is 24.3 Å². The van der Waals surface area contributed by atoms with Gasteiger partial charge in [0, 0.05) is 49.9 Å². The lowest BCUT2D eigenvalue weighted by Gasteiger charge is -2.39. The minimum atomic E-state index is -4.59. The van der Waals surface area contributed by atoms with Gasteiger partial charge in [-0.2, -0.15) is 13.2 Å². The van der Waals surface area contributed by atoms with Crippen LogP contribution in [-0.2, 0) is 31.1 Å². The Morgan fingerprint density at radius 1 is 1.26 bits per heavy atom. The van der Waals surface area contributed by atoms with Crippen LogP contribution in [0.25, 0.3) is 0 Å². The Bertz CT molecular complexity index is 1330. The number of aldehydes is 1. The summed E-state index contributed by atoms with van der Waals surface area (Å²) < 4.78 is 50.1. The summed E-state index contributed by atoms with van der Waals surface area (Å²) in [6.45, 7) is 3.50. The van der Waals surface area contributed by atoms with Crippen LogP contribution in [0.15, 0.2) is 42.7 Å². The number of hydrogen-bond donors (Lipinski definition) is 1. The van der Waals surface area contributed by atoms with E-state index in [4.69, 9.17) is 4.74 Å². The molecule has 7 nitrogen and oxygen atoms in total. The summed E-state index contributed by atoms with van der Waals surface area (Å²) in [6.07, 6.45) is 0.691. The molecule has 1 aliphatic carbocycles. The molecular weight excluding hydrogens is 507 g/mol. The number of carbonyl (C=O) groups is 1. The highest BCUT2D eigenvalue weighted by atomic mass is 19.4. The Labute approximate surface area is 226 Å². The minimum absolute atomic E-state index is 0.0266. The molecule has 1 aliphatic heterocycles. The molecule has 2 heterocycles. The van der Waals surface area contributed by atoms with Crippen LogP contribution in [0.4, 0.5) is 18.9 Å². The Kier molecular flexibility index (Phi) is 7.52. The number of carbonyl (C=O) groups excluding carboxylic acids is 1. The summed E-state index contributed by atoms with van der Waals surface area (Å²) in [7, 11) is 3.63. The maximum Gasteiger partial charge on any atom is 0.416 e. The number of ether oxygens (including phenoxy) is 1. The van der Waals surface area contributed by atoms with E-state index in [1.807, 2.05) is 35.9 Å². The molecule has 1 aromatic heterocycles. The second-order valence-corrected chi connectivity index (χ2v) is 11.1. The van der Waals surface area contributed by atoms with Gasteiger partial charge in [-0.15, -0.1) is 10.2 Å². The van der Waals surface area contributed by atoms with Gasteiger partial charge in [0.15, 0.2) is 0 Å². The predicted octanol–water partition coefficient (Wildman–Crippen LogP) is 5.09. The molecule has 2 aromatic carbocycles. The molecule has 3 aromatic rings. The lowest BCUT2D eigenvalue weighted by Crippen LogP contribution is -2.47. The fourth-order valence-electron chi connectivity index (χ4n) is 5.53. The van der Waals surface area contributed by atoms with Crippen molar-refractivity contribution in [3.8, 4) is 0 Å². The molecule has 1 saturated carbocycles. The molecule has 0 radical (unpaired) electrons. The van der Waals surface area contributed by atoms with Gasteiger partial charge < -0.3 is 19.5 Å². The lowest BCUT2D eigenvalue weighted by molar-refractivity contribution is -0.138. The molecule has 2 fully saturated rings. The van der Waals surface area contributed by atoms with Crippen LogP contribution in [-0.4, -0.2) is 46.9 Å². The SMILES string of the molecule is CN(Cc1c(C=O)cc(CNC2(C)CCC2)cc1C(F)(F)F)c1cccc(C(c2nncn2C)C2COC2)c1. The quantitative estimate of drug-likeness (QED) is 0.361. The molecule has 1 saturated heterocycles. The molecule has 1 unspecified atom stereocenters. The number of halogens is 3. The lowest BCUT2D eigenvalue weighted by atomic mass is 9.78. The first-order chi connectivity index (χ1) is 18.6. The van der Waals surface area contributed by atoms with Crippen molar-refractivity contribution >= 4 is 12.0 Å². The molecule has 1 N–H and O–H groups in total. The van der Waals surface area contributed by atoms with Crippen LogP contribution in [0.2, 0.25) is 0 Å². The smallest absolute Gasteiger partial charge is 0.381 e. The summed E-state index contributed by atoms with van der Waals surface area (Å²) in [5.74, 6) is 0.987. The molecule has 1 atom stereocenters. The van der Waals surface area contributed by atoms with E-state index >= 15 is 0 Å². The number of benzene rings is 2. The molecule has 0 amide bonds. The normalized spacial score (nSPS) is 17.8. The second-order valence-electron chi connectivity index (χ2n) is 11.1. The minimum Gasteiger partial charge on any atom is -0.381 e. The van der Waals surface area contributed by atoms with Gasteiger partial charge in [0.2, 0.25) is 0 Å². The summed E-state index contributed by atoms with van der Waals surface area (Å²) in [4.78, 5) is 13.8. The van der Waals surface area contributed by atoms with Crippen molar-refractivity contribution in [1.82, 2.24) is 20.1 Å². The van der Waals surface area contributed by atoms with Crippen LogP contribution >= 0.6 is 0 Å². The van der Waals surface area contributed by atoms with Gasteiger partial charge in [0.25, 0.3) is 0 Å². The average molecular weight is 542 g/mol. The van der Waals surface area contributed by atoms with Crippen LogP contribution in [0.5, 0.6) is 0 Å². The number of alkyl halides is 3. The summed E-state index contributed by atoms with van der Waals surface area (Å²) in [6, 6.07) is 10.5. The zero-order valence-electron chi connectivity index (χ0n) is 22.5. The van der Waals surface area contributed by atoms with Crippen LogP contribution in [0.1, 0.15) is 70.5 Å². The standard InChI is InChI=1S/C29H34F3N5O2/c1-28(8-5-9-28)33-13-19-10-21(15-38)24(25(11-19)29(30,31)32)14-36(2)23-7-4-6-20(12-23)26(22-16-39-17-22)27-35-34-18-37(27)3/h4,6-7,10-12,15,18,22,26,33H,5,8-9,13-14,16-17H2,1-3H3. The van der Waals surface area contributed by atoms with Gasteiger partial charge in [-0.25, -0.2) is 0 Å². The van der Waals surface area contributed by atoms with Crippen molar-refractivity contribution in [2.45, 2.75) is 56.9 Å². The highest BCUT2D eigenvalue weighted by molar-refractivity contribution is 5.79. The molecule has 0 spiro atoms. The van der Waals surface area contributed by atoms with Crippen molar-refractivity contribution in [3.63, 3.8) is 0 Å². The zero-order chi connectivity index (χ0) is 27.8. The Morgan fingerprint density at radius 3 is 2.59 bits per heavy atom. The monoisotopic (exact) mass is 541 g/mol. The second kappa shape index (κ2) is 10.7. The van der Waals surface area contributed by atoms with E-state index in [-0.39, 0.29) is 41.6 Å². The molecule has 0 bridgehead atoms. The largest absolute Gasteiger partial charge is 0.416 e. The van der Waals surface area contributed by atoms with Crippen molar-refractivity contribution in [2.75, 3.05) is 25.2 Å². The Morgan fingerprint density at radius 2 is 2.03 bits per heavy atom. The molecule has 208 valence electrons. The summed E-state index contributed by atoms with van der Waals surface area (Å²) in [5, 5.41) is 11.7. The van der Waals surface area contributed by atoms with Crippen molar-refractivity contribution in [3.05, 3.63) is 76.4 Å². The van der Waals surface area contributed by atoms with Gasteiger partial charge in [-0.3, -0.25) is 4.79 Å². The number of nitrogens with zero attached hydrogens (tertiary/aromatic N) is 4.